The van der Waals surface area contributed by atoms with Crippen LogP contribution in [0.5, 0.6) is 0 Å². The number of benzene rings is 1. The van der Waals surface area contributed by atoms with E-state index in [9.17, 15) is 4.79 Å². The number of hydrogen-bond donors (Lipinski definition) is 1. The highest BCUT2D eigenvalue weighted by molar-refractivity contribution is 5.92. The highest BCUT2D eigenvalue weighted by Crippen LogP contribution is 2.11. The second kappa shape index (κ2) is 8.27. The molecule has 134 valence electrons. The van der Waals surface area contributed by atoms with Crippen LogP contribution in [0.1, 0.15) is 22.6 Å². The molecule has 0 atom stereocenters. The van der Waals surface area contributed by atoms with E-state index >= 15 is 0 Å². The Morgan fingerprint density at radius 2 is 1.88 bits per heavy atom. The van der Waals surface area contributed by atoms with E-state index in [0.29, 0.717) is 12.2 Å². The Labute approximate surface area is 149 Å². The van der Waals surface area contributed by atoms with Gasteiger partial charge in [-0.15, -0.1) is 0 Å². The van der Waals surface area contributed by atoms with E-state index in [1.807, 2.05) is 43.3 Å². The Kier molecular flexibility index (Phi) is 5.83. The van der Waals surface area contributed by atoms with Crippen LogP contribution >= 0.6 is 0 Å². The minimum Gasteiger partial charge on any atom is -0.351 e. The lowest BCUT2D eigenvalue weighted by molar-refractivity contribution is 0.0944. The van der Waals surface area contributed by atoms with Gasteiger partial charge in [-0.1, -0.05) is 18.2 Å². The van der Waals surface area contributed by atoms with Crippen LogP contribution in [-0.4, -0.2) is 71.8 Å². The summed E-state index contributed by atoms with van der Waals surface area (Å²) < 4.78 is 1.80. The van der Waals surface area contributed by atoms with Gasteiger partial charge in [0, 0.05) is 38.4 Å². The maximum absolute atomic E-state index is 12.3. The summed E-state index contributed by atoms with van der Waals surface area (Å²) >= 11 is 0. The van der Waals surface area contributed by atoms with E-state index in [1.165, 1.54) is 0 Å². The van der Waals surface area contributed by atoms with Crippen molar-refractivity contribution in [3.63, 3.8) is 0 Å². The van der Waals surface area contributed by atoms with Crippen molar-refractivity contribution in [3.05, 3.63) is 47.8 Å². The van der Waals surface area contributed by atoms with E-state index in [1.54, 1.807) is 4.68 Å². The summed E-state index contributed by atoms with van der Waals surface area (Å²) in [6.45, 7) is 8.17. The number of aryl methyl sites for hydroxylation is 1. The predicted molar refractivity (Wildman–Crippen MR) is 99.2 cm³/mol. The summed E-state index contributed by atoms with van der Waals surface area (Å²) in [5.74, 6) is -0.101. The number of nitrogens with one attached hydrogen (secondary N) is 1. The van der Waals surface area contributed by atoms with E-state index in [-0.39, 0.29) is 5.91 Å². The van der Waals surface area contributed by atoms with Crippen LogP contribution in [0, 0.1) is 6.92 Å². The zero-order chi connectivity index (χ0) is 17.6. The average Bonchev–Trinajstić information content (AvgIpc) is 3.03. The average molecular weight is 341 g/mol. The fourth-order valence-corrected chi connectivity index (χ4v) is 3.08. The monoisotopic (exact) mass is 341 g/mol. The Bertz CT molecular complexity index is 689. The maximum atomic E-state index is 12.3. The molecular weight excluding hydrogens is 314 g/mol. The van der Waals surface area contributed by atoms with E-state index in [4.69, 9.17) is 0 Å². The summed E-state index contributed by atoms with van der Waals surface area (Å²) in [5.41, 5.74) is 2.39. The third kappa shape index (κ3) is 4.67. The number of amides is 1. The molecule has 0 saturated carbocycles. The van der Waals surface area contributed by atoms with Gasteiger partial charge in [0.25, 0.3) is 5.91 Å². The highest BCUT2D eigenvalue weighted by atomic mass is 16.1. The molecule has 1 aliphatic rings. The Morgan fingerprint density at radius 1 is 1.16 bits per heavy atom. The van der Waals surface area contributed by atoms with Crippen molar-refractivity contribution >= 4 is 5.91 Å². The van der Waals surface area contributed by atoms with Gasteiger partial charge in [0.15, 0.2) is 5.69 Å². The van der Waals surface area contributed by atoms with Gasteiger partial charge in [0.1, 0.15) is 0 Å². The molecule has 1 aliphatic heterocycles. The Balaban J connectivity index is 1.47. The Morgan fingerprint density at radius 3 is 2.60 bits per heavy atom. The summed E-state index contributed by atoms with van der Waals surface area (Å²) in [6.07, 6.45) is 0.966. The second-order valence-electron chi connectivity index (χ2n) is 6.67. The van der Waals surface area contributed by atoms with Crippen molar-refractivity contribution in [1.82, 2.24) is 24.9 Å². The van der Waals surface area contributed by atoms with Crippen LogP contribution in [0.25, 0.3) is 5.69 Å². The number of carbonyl (C=O) groups is 1. The van der Waals surface area contributed by atoms with E-state index in [2.05, 4.69) is 27.3 Å². The van der Waals surface area contributed by atoms with Crippen molar-refractivity contribution in [2.45, 2.75) is 13.3 Å². The summed E-state index contributed by atoms with van der Waals surface area (Å²) in [7, 11) is 2.16. The molecule has 1 saturated heterocycles. The van der Waals surface area contributed by atoms with Crippen molar-refractivity contribution in [2.24, 2.45) is 0 Å². The standard InChI is InChI=1S/C19H27N5O/c1-16-15-18(21-24(16)17-7-4-3-5-8-17)19(25)20-9-6-10-23-13-11-22(2)12-14-23/h3-5,7-8,15H,6,9-14H2,1-2H3,(H,20,25). The largest absolute Gasteiger partial charge is 0.351 e. The van der Waals surface area contributed by atoms with Gasteiger partial charge >= 0.3 is 0 Å². The zero-order valence-electron chi connectivity index (χ0n) is 15.1. The minimum absolute atomic E-state index is 0.101. The van der Waals surface area contributed by atoms with Crippen molar-refractivity contribution in [3.8, 4) is 5.69 Å². The first-order valence-corrected chi connectivity index (χ1v) is 8.94. The molecule has 1 amide bonds. The van der Waals surface area contributed by atoms with Crippen LogP contribution in [-0.2, 0) is 0 Å². The van der Waals surface area contributed by atoms with Crippen molar-refractivity contribution in [1.29, 1.82) is 0 Å². The molecule has 0 unspecified atom stereocenters. The number of rotatable bonds is 6. The van der Waals surface area contributed by atoms with Gasteiger partial charge in [0.05, 0.1) is 5.69 Å². The van der Waals surface area contributed by atoms with Gasteiger partial charge < -0.3 is 15.1 Å². The summed E-state index contributed by atoms with van der Waals surface area (Å²) in [6, 6.07) is 11.7. The zero-order valence-corrected chi connectivity index (χ0v) is 15.1. The summed E-state index contributed by atoms with van der Waals surface area (Å²) in [5, 5.41) is 7.43. The third-order valence-electron chi connectivity index (χ3n) is 4.65. The second-order valence-corrected chi connectivity index (χ2v) is 6.67. The Hall–Kier alpha value is -2.18. The molecule has 2 aromatic rings. The van der Waals surface area contributed by atoms with Crippen LogP contribution < -0.4 is 5.32 Å². The molecule has 0 spiro atoms. The van der Waals surface area contributed by atoms with Crippen LogP contribution in [0.3, 0.4) is 0 Å². The topological polar surface area (TPSA) is 53.4 Å². The molecule has 0 bridgehead atoms. The molecular formula is C19H27N5O. The van der Waals surface area contributed by atoms with Gasteiger partial charge in [-0.3, -0.25) is 4.79 Å². The summed E-state index contributed by atoms with van der Waals surface area (Å²) in [4.78, 5) is 17.1. The minimum atomic E-state index is -0.101. The van der Waals surface area contributed by atoms with Gasteiger partial charge in [-0.2, -0.15) is 5.10 Å². The van der Waals surface area contributed by atoms with Crippen LogP contribution in [0.2, 0.25) is 0 Å². The molecule has 2 heterocycles. The normalized spacial score (nSPS) is 16.1. The fraction of sp³-hybridized carbons (Fsp3) is 0.474. The first kappa shape index (κ1) is 17.6. The van der Waals surface area contributed by atoms with E-state index in [0.717, 1.165) is 50.5 Å². The molecule has 0 aliphatic carbocycles. The number of piperazine rings is 1. The smallest absolute Gasteiger partial charge is 0.271 e. The number of likely N-dealkylation sites (N-methyl/N-ethyl adjacent to an activating group) is 1. The van der Waals surface area contributed by atoms with Gasteiger partial charge in [-0.05, 0) is 45.1 Å². The number of nitrogens with zero attached hydrogens (tertiary/aromatic N) is 4. The molecule has 1 fully saturated rings. The third-order valence-corrected chi connectivity index (χ3v) is 4.65. The van der Waals surface area contributed by atoms with Crippen molar-refractivity contribution in [2.75, 3.05) is 46.3 Å². The molecule has 1 aromatic heterocycles. The first-order chi connectivity index (χ1) is 12.1. The fourth-order valence-electron chi connectivity index (χ4n) is 3.08. The lowest BCUT2D eigenvalue weighted by Crippen LogP contribution is -2.45. The molecule has 6 heteroatoms. The SMILES string of the molecule is Cc1cc(C(=O)NCCCN2CCN(C)CC2)nn1-c1ccccc1. The molecule has 1 N–H and O–H groups in total. The molecule has 6 nitrogen and oxygen atoms in total. The lowest BCUT2D eigenvalue weighted by atomic mass is 10.3. The van der Waals surface area contributed by atoms with Crippen LogP contribution in [0.4, 0.5) is 0 Å². The maximum Gasteiger partial charge on any atom is 0.271 e. The van der Waals surface area contributed by atoms with Crippen molar-refractivity contribution < 1.29 is 4.79 Å². The van der Waals surface area contributed by atoms with Crippen LogP contribution in [0.15, 0.2) is 36.4 Å². The molecule has 3 rings (SSSR count). The van der Waals surface area contributed by atoms with E-state index < -0.39 is 0 Å². The van der Waals surface area contributed by atoms with Gasteiger partial charge in [0.2, 0.25) is 0 Å². The first-order valence-electron chi connectivity index (χ1n) is 8.94. The molecule has 1 aromatic carbocycles. The number of para-hydroxylation sites is 1. The predicted octanol–water partition coefficient (Wildman–Crippen LogP) is 1.55. The lowest BCUT2D eigenvalue weighted by Gasteiger charge is -2.32. The number of hydrogen-bond acceptors (Lipinski definition) is 4. The molecule has 25 heavy (non-hydrogen) atoms. The highest BCUT2D eigenvalue weighted by Gasteiger charge is 2.15. The number of aromatic nitrogens is 2. The number of carbonyl (C=O) groups excluding carboxylic acids is 1. The van der Waals surface area contributed by atoms with Gasteiger partial charge in [-0.25, -0.2) is 4.68 Å². The molecule has 0 radical (unpaired) electrons. The quantitative estimate of drug-likeness (QED) is 0.810.